The fraction of sp³-hybridized carbons (Fsp3) is 0.538. The number of methoxy groups -OCH3 is 1. The normalized spacial score (nSPS) is 18.5. The van der Waals surface area contributed by atoms with Gasteiger partial charge in [0.2, 0.25) is 0 Å². The molecule has 0 saturated carbocycles. The third-order valence-electron chi connectivity index (χ3n) is 3.28. The monoisotopic (exact) mass is 257 g/mol. The third-order valence-corrected chi connectivity index (χ3v) is 3.63. The van der Waals surface area contributed by atoms with Crippen molar-refractivity contribution in [1.29, 1.82) is 0 Å². The zero-order valence-electron chi connectivity index (χ0n) is 9.96. The Bertz CT molecular complexity index is 378. The molecule has 94 valence electrons. The van der Waals surface area contributed by atoms with Gasteiger partial charge in [-0.1, -0.05) is 17.7 Å². The molecule has 1 saturated heterocycles. The molecule has 0 atom stereocenters. The minimum atomic E-state index is -0.281. The minimum absolute atomic E-state index is 0.281. The molecule has 1 heterocycles. The van der Waals surface area contributed by atoms with Gasteiger partial charge in [-0.15, -0.1) is 0 Å². The summed E-state index contributed by atoms with van der Waals surface area (Å²) in [7, 11) is 1.76. The van der Waals surface area contributed by atoms with E-state index in [4.69, 9.17) is 16.3 Å². The molecule has 0 amide bonds. The van der Waals surface area contributed by atoms with Crippen molar-refractivity contribution in [1.82, 2.24) is 4.90 Å². The van der Waals surface area contributed by atoms with Gasteiger partial charge in [0.25, 0.3) is 0 Å². The largest absolute Gasteiger partial charge is 0.381 e. The van der Waals surface area contributed by atoms with Crippen LogP contribution in [-0.2, 0) is 11.3 Å². The first-order valence-corrected chi connectivity index (χ1v) is 6.26. The van der Waals surface area contributed by atoms with Gasteiger partial charge in [-0.25, -0.2) is 4.39 Å². The van der Waals surface area contributed by atoms with E-state index in [0.717, 1.165) is 38.0 Å². The molecule has 0 N–H and O–H groups in total. The Morgan fingerprint density at radius 3 is 2.71 bits per heavy atom. The first-order valence-electron chi connectivity index (χ1n) is 5.88. The number of halogens is 2. The van der Waals surface area contributed by atoms with Crippen molar-refractivity contribution in [2.45, 2.75) is 25.5 Å². The molecule has 4 heteroatoms. The van der Waals surface area contributed by atoms with E-state index in [9.17, 15) is 4.39 Å². The molecule has 0 radical (unpaired) electrons. The van der Waals surface area contributed by atoms with Crippen LogP contribution in [0.5, 0.6) is 0 Å². The van der Waals surface area contributed by atoms with Crippen LogP contribution in [0.4, 0.5) is 4.39 Å². The van der Waals surface area contributed by atoms with E-state index in [1.54, 1.807) is 13.2 Å². The number of nitrogens with zero attached hydrogens (tertiary/aromatic N) is 1. The van der Waals surface area contributed by atoms with Crippen LogP contribution in [0.15, 0.2) is 18.2 Å². The van der Waals surface area contributed by atoms with E-state index >= 15 is 0 Å². The number of benzene rings is 1. The van der Waals surface area contributed by atoms with Crippen LogP contribution in [0.3, 0.4) is 0 Å². The Kier molecular flexibility index (Phi) is 4.37. The summed E-state index contributed by atoms with van der Waals surface area (Å²) in [6, 6.07) is 4.60. The van der Waals surface area contributed by atoms with Crippen LogP contribution in [0, 0.1) is 5.82 Å². The molecule has 2 nitrogen and oxygen atoms in total. The number of hydrogen-bond acceptors (Lipinski definition) is 2. The lowest BCUT2D eigenvalue weighted by atomic mass is 10.1. The highest BCUT2D eigenvalue weighted by molar-refractivity contribution is 6.31. The number of piperidine rings is 1. The summed E-state index contributed by atoms with van der Waals surface area (Å²) in [5, 5.41) is 0.513. The lowest BCUT2D eigenvalue weighted by Gasteiger charge is -2.31. The topological polar surface area (TPSA) is 12.5 Å². The zero-order chi connectivity index (χ0) is 12.3. The lowest BCUT2D eigenvalue weighted by Crippen LogP contribution is -2.36. The summed E-state index contributed by atoms with van der Waals surface area (Å²) in [5.74, 6) is -0.281. The van der Waals surface area contributed by atoms with Crippen molar-refractivity contribution in [3.8, 4) is 0 Å². The van der Waals surface area contributed by atoms with Gasteiger partial charge in [-0.05, 0) is 30.5 Å². The van der Waals surface area contributed by atoms with Crippen LogP contribution in [0.2, 0.25) is 5.02 Å². The van der Waals surface area contributed by atoms with Gasteiger partial charge < -0.3 is 4.74 Å². The number of ether oxygens (including phenoxy) is 1. The van der Waals surface area contributed by atoms with Gasteiger partial charge in [0.05, 0.1) is 6.10 Å². The van der Waals surface area contributed by atoms with E-state index < -0.39 is 0 Å². The molecule has 0 aromatic heterocycles. The molecule has 0 spiro atoms. The molecule has 1 fully saturated rings. The van der Waals surface area contributed by atoms with Crippen molar-refractivity contribution >= 4 is 11.6 Å². The van der Waals surface area contributed by atoms with Crippen molar-refractivity contribution in [2.75, 3.05) is 20.2 Å². The zero-order valence-corrected chi connectivity index (χ0v) is 10.7. The van der Waals surface area contributed by atoms with Gasteiger partial charge in [0, 0.05) is 31.8 Å². The van der Waals surface area contributed by atoms with Crippen molar-refractivity contribution in [3.63, 3.8) is 0 Å². The first-order chi connectivity index (χ1) is 8.19. The third kappa shape index (κ3) is 3.41. The Hall–Kier alpha value is -0.640. The SMILES string of the molecule is COC1CCN(Cc2ccc(F)cc2Cl)CC1. The molecule has 1 aromatic rings. The average Bonchev–Trinajstić information content (AvgIpc) is 2.34. The highest BCUT2D eigenvalue weighted by Gasteiger charge is 2.19. The summed E-state index contributed by atoms with van der Waals surface area (Å²) in [6.07, 6.45) is 2.49. The Balaban J connectivity index is 1.93. The van der Waals surface area contributed by atoms with Gasteiger partial charge in [-0.2, -0.15) is 0 Å². The molecule has 1 aliphatic rings. The average molecular weight is 258 g/mol. The van der Waals surface area contributed by atoms with Gasteiger partial charge in [0.1, 0.15) is 5.82 Å². The maximum absolute atomic E-state index is 12.9. The maximum Gasteiger partial charge on any atom is 0.124 e. The summed E-state index contributed by atoms with van der Waals surface area (Å²) in [6.45, 7) is 2.80. The van der Waals surface area contributed by atoms with Gasteiger partial charge >= 0.3 is 0 Å². The Morgan fingerprint density at radius 1 is 1.41 bits per heavy atom. The smallest absolute Gasteiger partial charge is 0.124 e. The summed E-state index contributed by atoms with van der Waals surface area (Å²) < 4.78 is 18.2. The molecular weight excluding hydrogens is 241 g/mol. The number of hydrogen-bond donors (Lipinski definition) is 0. The van der Waals surface area contributed by atoms with Crippen LogP contribution < -0.4 is 0 Å². The van der Waals surface area contributed by atoms with Crippen LogP contribution >= 0.6 is 11.6 Å². The fourth-order valence-corrected chi connectivity index (χ4v) is 2.42. The Labute approximate surface area is 106 Å². The molecular formula is C13H17ClFNO. The summed E-state index contributed by atoms with van der Waals surface area (Å²) >= 11 is 6.01. The second-order valence-corrected chi connectivity index (χ2v) is 4.85. The van der Waals surface area contributed by atoms with Crippen molar-refractivity contribution < 1.29 is 9.13 Å². The van der Waals surface area contributed by atoms with Crippen molar-refractivity contribution in [3.05, 3.63) is 34.6 Å². The molecule has 0 aliphatic carbocycles. The van der Waals surface area contributed by atoms with Gasteiger partial charge in [0.15, 0.2) is 0 Å². The van der Waals surface area contributed by atoms with E-state index in [-0.39, 0.29) is 5.82 Å². The number of likely N-dealkylation sites (tertiary alicyclic amines) is 1. The maximum atomic E-state index is 12.9. The van der Waals surface area contributed by atoms with E-state index in [1.165, 1.54) is 12.1 Å². The van der Waals surface area contributed by atoms with Crippen molar-refractivity contribution in [2.24, 2.45) is 0 Å². The van der Waals surface area contributed by atoms with Crippen LogP contribution in [0.1, 0.15) is 18.4 Å². The van der Waals surface area contributed by atoms with E-state index in [1.807, 2.05) is 0 Å². The summed E-state index contributed by atoms with van der Waals surface area (Å²) in [5.41, 5.74) is 0.990. The molecule has 17 heavy (non-hydrogen) atoms. The van der Waals surface area contributed by atoms with Crippen LogP contribution in [-0.4, -0.2) is 31.2 Å². The standard InChI is InChI=1S/C13H17ClFNO/c1-17-12-4-6-16(7-5-12)9-10-2-3-11(15)8-13(10)14/h2-3,8,12H,4-7,9H2,1H3. The van der Waals surface area contributed by atoms with E-state index in [0.29, 0.717) is 11.1 Å². The first kappa shape index (κ1) is 12.8. The predicted octanol–water partition coefficient (Wildman–Crippen LogP) is 3.09. The molecule has 0 bridgehead atoms. The Morgan fingerprint density at radius 2 is 2.12 bits per heavy atom. The number of rotatable bonds is 3. The molecule has 0 unspecified atom stereocenters. The fourth-order valence-electron chi connectivity index (χ4n) is 2.19. The molecule has 2 rings (SSSR count). The lowest BCUT2D eigenvalue weighted by molar-refractivity contribution is 0.0389. The van der Waals surface area contributed by atoms with Crippen LogP contribution in [0.25, 0.3) is 0 Å². The highest BCUT2D eigenvalue weighted by atomic mass is 35.5. The second-order valence-electron chi connectivity index (χ2n) is 4.45. The van der Waals surface area contributed by atoms with E-state index in [2.05, 4.69) is 4.90 Å². The molecule has 1 aliphatic heterocycles. The second kappa shape index (κ2) is 5.80. The predicted molar refractivity (Wildman–Crippen MR) is 66.7 cm³/mol. The molecule has 1 aromatic carbocycles. The quantitative estimate of drug-likeness (QED) is 0.825. The minimum Gasteiger partial charge on any atom is -0.381 e. The van der Waals surface area contributed by atoms with Gasteiger partial charge in [-0.3, -0.25) is 4.90 Å². The highest BCUT2D eigenvalue weighted by Crippen LogP contribution is 2.21. The summed E-state index contributed by atoms with van der Waals surface area (Å²) in [4.78, 5) is 2.33.